The number of hydrogen-bond acceptors (Lipinski definition) is 1. The van der Waals surface area contributed by atoms with E-state index in [-0.39, 0.29) is 17.6 Å². The van der Waals surface area contributed by atoms with Crippen LogP contribution in [0.4, 0.5) is 0 Å². The van der Waals surface area contributed by atoms with E-state index in [9.17, 15) is 4.79 Å². The number of hydrogen-bond donors (Lipinski definition) is 0. The summed E-state index contributed by atoms with van der Waals surface area (Å²) in [6.07, 6.45) is 2.24. The van der Waals surface area contributed by atoms with Crippen LogP contribution in [0.1, 0.15) is 39.9 Å². The molecule has 3 aromatic rings. The van der Waals surface area contributed by atoms with Gasteiger partial charge in [0.2, 0.25) is 0 Å². The van der Waals surface area contributed by atoms with Crippen LogP contribution in [-0.2, 0) is 0 Å². The van der Waals surface area contributed by atoms with Crippen LogP contribution in [0.2, 0.25) is 0 Å². The van der Waals surface area contributed by atoms with Gasteiger partial charge in [0.25, 0.3) is 0 Å². The molecular formula is C24H20O. The normalized spacial score (nSPS) is 16.8. The number of benzene rings is 3. The third-order valence-corrected chi connectivity index (χ3v) is 5.06. The van der Waals surface area contributed by atoms with Gasteiger partial charge in [-0.05, 0) is 22.3 Å². The van der Waals surface area contributed by atoms with Gasteiger partial charge in [-0.1, -0.05) is 97.9 Å². The van der Waals surface area contributed by atoms with E-state index in [0.717, 1.165) is 5.56 Å². The van der Waals surface area contributed by atoms with E-state index < -0.39 is 0 Å². The zero-order valence-corrected chi connectivity index (χ0v) is 14.2. The van der Waals surface area contributed by atoms with Crippen LogP contribution in [-0.4, -0.2) is 5.78 Å². The maximum Gasteiger partial charge on any atom is 0.166 e. The average molecular weight is 324 g/mol. The lowest BCUT2D eigenvalue weighted by Crippen LogP contribution is -2.20. The molecule has 0 fully saturated rings. The third kappa shape index (κ3) is 2.83. The zero-order valence-electron chi connectivity index (χ0n) is 14.2. The maximum absolute atomic E-state index is 13.1. The summed E-state index contributed by atoms with van der Waals surface area (Å²) < 4.78 is 0. The molecule has 1 aliphatic carbocycles. The molecule has 0 saturated heterocycles. The number of carbonyl (C=O) groups excluding carboxylic acids is 1. The van der Waals surface area contributed by atoms with Crippen molar-refractivity contribution in [2.24, 2.45) is 5.92 Å². The van der Waals surface area contributed by atoms with Crippen LogP contribution in [0.25, 0.3) is 11.6 Å². The Balaban J connectivity index is 1.77. The number of ketones is 1. The van der Waals surface area contributed by atoms with Crippen molar-refractivity contribution >= 4 is 17.4 Å². The Morgan fingerprint density at radius 3 is 2.12 bits per heavy atom. The van der Waals surface area contributed by atoms with Gasteiger partial charge in [0.1, 0.15) is 0 Å². The van der Waals surface area contributed by atoms with E-state index in [1.807, 2.05) is 36.4 Å². The second-order valence-electron chi connectivity index (χ2n) is 6.59. The summed E-state index contributed by atoms with van der Waals surface area (Å²) >= 11 is 0. The Hall–Kier alpha value is -2.93. The topological polar surface area (TPSA) is 17.1 Å². The highest BCUT2D eigenvalue weighted by Crippen LogP contribution is 2.46. The number of rotatable bonds is 4. The first kappa shape index (κ1) is 15.6. The standard InChI is InChI=1S/C24H20O/c1-17(24(25)19-12-6-3-7-13-19)23-21-15-9-8-14-20(21)16-22(23)18-10-4-2-5-11-18/h2-17,23H,1H3. The molecule has 0 bridgehead atoms. The van der Waals surface area contributed by atoms with Crippen molar-refractivity contribution in [2.75, 3.05) is 0 Å². The van der Waals surface area contributed by atoms with Gasteiger partial charge in [-0.25, -0.2) is 0 Å². The second kappa shape index (κ2) is 6.52. The molecule has 0 aliphatic heterocycles. The van der Waals surface area contributed by atoms with E-state index in [0.29, 0.717) is 0 Å². The van der Waals surface area contributed by atoms with Crippen molar-refractivity contribution in [3.8, 4) is 0 Å². The monoisotopic (exact) mass is 324 g/mol. The van der Waals surface area contributed by atoms with Crippen LogP contribution >= 0.6 is 0 Å². The maximum atomic E-state index is 13.1. The summed E-state index contributed by atoms with van der Waals surface area (Å²) in [6.45, 7) is 2.05. The first-order valence-corrected chi connectivity index (χ1v) is 8.71. The van der Waals surface area contributed by atoms with Crippen molar-refractivity contribution in [2.45, 2.75) is 12.8 Å². The Kier molecular flexibility index (Phi) is 4.07. The molecule has 2 atom stereocenters. The summed E-state index contributed by atoms with van der Waals surface area (Å²) in [5.41, 5.74) is 5.68. The molecule has 0 spiro atoms. The first-order chi connectivity index (χ1) is 12.3. The van der Waals surface area contributed by atoms with E-state index in [2.05, 4.69) is 61.5 Å². The second-order valence-corrected chi connectivity index (χ2v) is 6.59. The van der Waals surface area contributed by atoms with Crippen molar-refractivity contribution in [1.29, 1.82) is 0 Å². The molecule has 0 radical (unpaired) electrons. The quantitative estimate of drug-likeness (QED) is 0.551. The predicted octanol–water partition coefficient (Wildman–Crippen LogP) is 5.84. The summed E-state index contributed by atoms with van der Waals surface area (Å²) in [6, 6.07) is 28.4. The summed E-state index contributed by atoms with van der Waals surface area (Å²) in [5.74, 6) is 0.174. The molecule has 122 valence electrons. The molecule has 1 nitrogen and oxygen atoms in total. The van der Waals surface area contributed by atoms with Crippen molar-refractivity contribution < 1.29 is 4.79 Å². The van der Waals surface area contributed by atoms with Crippen molar-refractivity contribution in [3.05, 3.63) is 107 Å². The Morgan fingerprint density at radius 1 is 0.800 bits per heavy atom. The summed E-state index contributed by atoms with van der Waals surface area (Å²) in [5, 5.41) is 0. The van der Waals surface area contributed by atoms with Crippen molar-refractivity contribution in [3.63, 3.8) is 0 Å². The predicted molar refractivity (Wildman–Crippen MR) is 103 cm³/mol. The summed E-state index contributed by atoms with van der Waals surface area (Å²) in [4.78, 5) is 13.1. The summed E-state index contributed by atoms with van der Waals surface area (Å²) in [7, 11) is 0. The largest absolute Gasteiger partial charge is 0.294 e. The molecule has 0 saturated carbocycles. The molecule has 1 heteroatoms. The van der Waals surface area contributed by atoms with E-state index in [1.54, 1.807) is 0 Å². The molecule has 25 heavy (non-hydrogen) atoms. The Labute approximate surface area is 148 Å². The van der Waals surface area contributed by atoms with Gasteiger partial charge < -0.3 is 0 Å². The molecular weight excluding hydrogens is 304 g/mol. The Bertz CT molecular complexity index is 923. The van der Waals surface area contributed by atoms with Crippen molar-refractivity contribution in [1.82, 2.24) is 0 Å². The van der Waals surface area contributed by atoms with Gasteiger partial charge in [0.15, 0.2) is 5.78 Å². The fourth-order valence-corrected chi connectivity index (χ4v) is 3.80. The fraction of sp³-hybridized carbons (Fsp3) is 0.125. The lowest BCUT2D eigenvalue weighted by atomic mass is 9.78. The molecule has 0 aromatic heterocycles. The van der Waals surface area contributed by atoms with Gasteiger partial charge in [0.05, 0.1) is 0 Å². The molecule has 0 N–H and O–H groups in total. The molecule has 0 heterocycles. The van der Waals surface area contributed by atoms with E-state index >= 15 is 0 Å². The lowest BCUT2D eigenvalue weighted by Gasteiger charge is -2.23. The molecule has 1 aliphatic rings. The molecule has 4 rings (SSSR count). The van der Waals surface area contributed by atoms with E-state index in [1.165, 1.54) is 22.3 Å². The highest BCUT2D eigenvalue weighted by Gasteiger charge is 2.34. The van der Waals surface area contributed by atoms with Crippen LogP contribution in [0.15, 0.2) is 84.9 Å². The molecule has 0 amide bonds. The highest BCUT2D eigenvalue weighted by molar-refractivity contribution is 6.02. The minimum absolute atomic E-state index is 0.0892. The highest BCUT2D eigenvalue weighted by atomic mass is 16.1. The third-order valence-electron chi connectivity index (χ3n) is 5.06. The average Bonchev–Trinajstić information content (AvgIpc) is 3.08. The van der Waals surface area contributed by atoms with Crippen LogP contribution in [0.3, 0.4) is 0 Å². The number of carbonyl (C=O) groups is 1. The minimum atomic E-state index is -0.113. The van der Waals surface area contributed by atoms with Gasteiger partial charge in [-0.15, -0.1) is 0 Å². The SMILES string of the molecule is CC(C(=O)c1ccccc1)C1C(c2ccccc2)=Cc2ccccc21. The molecule has 3 aromatic carbocycles. The van der Waals surface area contributed by atoms with Crippen LogP contribution < -0.4 is 0 Å². The smallest absolute Gasteiger partial charge is 0.166 e. The van der Waals surface area contributed by atoms with E-state index in [4.69, 9.17) is 0 Å². The van der Waals surface area contributed by atoms with Crippen LogP contribution in [0.5, 0.6) is 0 Å². The van der Waals surface area contributed by atoms with Gasteiger partial charge in [-0.3, -0.25) is 4.79 Å². The lowest BCUT2D eigenvalue weighted by molar-refractivity contribution is 0.0923. The number of fused-ring (bicyclic) bond motifs is 1. The van der Waals surface area contributed by atoms with Gasteiger partial charge >= 0.3 is 0 Å². The first-order valence-electron chi connectivity index (χ1n) is 8.71. The van der Waals surface area contributed by atoms with Crippen LogP contribution in [0, 0.1) is 5.92 Å². The van der Waals surface area contributed by atoms with Gasteiger partial charge in [-0.2, -0.15) is 0 Å². The molecule has 2 unspecified atom stereocenters. The number of allylic oxidation sites excluding steroid dienone is 1. The Morgan fingerprint density at radius 2 is 1.40 bits per heavy atom. The minimum Gasteiger partial charge on any atom is -0.294 e. The zero-order chi connectivity index (χ0) is 17.2. The van der Waals surface area contributed by atoms with Gasteiger partial charge in [0, 0.05) is 17.4 Å². The fourth-order valence-electron chi connectivity index (χ4n) is 3.80. The number of Topliss-reactive ketones (excluding diaryl/α,β-unsaturated/α-hetero) is 1.